The lowest BCUT2D eigenvalue weighted by atomic mass is 10.0. The molecule has 0 aliphatic rings. The number of hydrogen-bond donors (Lipinski definition) is 5. The number of carboxylic acid groups (broad SMARTS) is 2. The molecule has 35 heavy (non-hydrogen) atoms. The zero-order valence-electron chi connectivity index (χ0n) is 18.6. The van der Waals surface area contributed by atoms with Crippen LogP contribution in [0.25, 0.3) is 11.1 Å². The Hall–Kier alpha value is -4.98. The van der Waals surface area contributed by atoms with E-state index in [2.05, 4.69) is 10.6 Å². The van der Waals surface area contributed by atoms with Crippen LogP contribution in [0.5, 0.6) is 11.5 Å². The molecule has 4 rings (SSSR count). The molecule has 0 aliphatic heterocycles. The largest absolute Gasteiger partial charge is 0.506 e. The number of carboxylic acids is 2. The maximum atomic E-state index is 11.2. The predicted molar refractivity (Wildman–Crippen MR) is 133 cm³/mol. The third-order valence-electron chi connectivity index (χ3n) is 5.31. The van der Waals surface area contributed by atoms with E-state index < -0.39 is 11.9 Å². The van der Waals surface area contributed by atoms with Crippen LogP contribution in [0.1, 0.15) is 20.7 Å². The van der Waals surface area contributed by atoms with Gasteiger partial charge in [-0.25, -0.2) is 9.59 Å². The summed E-state index contributed by atoms with van der Waals surface area (Å²) in [4.78, 5) is 22.4. The van der Waals surface area contributed by atoms with E-state index in [1.807, 2.05) is 24.3 Å². The van der Waals surface area contributed by atoms with Crippen LogP contribution in [0.3, 0.4) is 0 Å². The van der Waals surface area contributed by atoms with E-state index in [1.54, 1.807) is 36.4 Å². The summed E-state index contributed by atoms with van der Waals surface area (Å²) in [5.74, 6) is -1.51. The Morgan fingerprint density at radius 3 is 1.71 bits per heavy atom. The summed E-state index contributed by atoms with van der Waals surface area (Å²) in [6.45, 7) is 0. The van der Waals surface area contributed by atoms with E-state index in [9.17, 15) is 19.8 Å². The van der Waals surface area contributed by atoms with Crippen molar-refractivity contribution in [1.82, 2.24) is 0 Å². The molecule has 4 aromatic rings. The second-order valence-electron chi connectivity index (χ2n) is 7.67. The number of aromatic hydroxyl groups is 1. The van der Waals surface area contributed by atoms with E-state index in [0.29, 0.717) is 28.5 Å². The summed E-state index contributed by atoms with van der Waals surface area (Å²) in [7, 11) is 1.54. The Kier molecular flexibility index (Phi) is 6.55. The SMILES string of the molecule is COc1cc(-c2ccc(Nc3cccc(C(=O)O)c3)c(O)c2)ccc1Nc1cccc(C(=O)O)c1. The minimum atomic E-state index is -1.03. The van der Waals surface area contributed by atoms with Gasteiger partial charge < -0.3 is 30.7 Å². The third kappa shape index (κ3) is 5.33. The first-order valence-electron chi connectivity index (χ1n) is 10.6. The van der Waals surface area contributed by atoms with Crippen LogP contribution >= 0.6 is 0 Å². The van der Waals surface area contributed by atoms with Gasteiger partial charge in [0.25, 0.3) is 0 Å². The standard InChI is InChI=1S/C27H22N2O6/c1-35-25-15-17(9-11-23(25)29-21-7-3-5-19(13-21)27(33)34)16-8-10-22(24(30)14-16)28-20-6-2-4-18(12-20)26(31)32/h2-15,28-30H,1H3,(H,31,32)(H,33,34). The minimum Gasteiger partial charge on any atom is -0.506 e. The van der Waals surface area contributed by atoms with Gasteiger partial charge in [0, 0.05) is 11.4 Å². The number of rotatable bonds is 8. The molecule has 0 spiro atoms. The lowest BCUT2D eigenvalue weighted by Crippen LogP contribution is -1.99. The fourth-order valence-corrected chi connectivity index (χ4v) is 3.56. The van der Waals surface area contributed by atoms with Crippen LogP contribution in [0.4, 0.5) is 22.7 Å². The highest BCUT2D eigenvalue weighted by Gasteiger charge is 2.11. The Bertz CT molecular complexity index is 1420. The molecule has 0 atom stereocenters. The number of phenols is 1. The van der Waals surface area contributed by atoms with Crippen molar-refractivity contribution in [3.63, 3.8) is 0 Å². The minimum absolute atomic E-state index is 0.00474. The summed E-state index contributed by atoms with van der Waals surface area (Å²) in [6.07, 6.45) is 0. The van der Waals surface area contributed by atoms with Crippen molar-refractivity contribution in [1.29, 1.82) is 0 Å². The fourth-order valence-electron chi connectivity index (χ4n) is 3.56. The van der Waals surface area contributed by atoms with Crippen molar-refractivity contribution in [3.05, 3.63) is 96.1 Å². The smallest absolute Gasteiger partial charge is 0.335 e. The zero-order chi connectivity index (χ0) is 24.9. The van der Waals surface area contributed by atoms with Crippen molar-refractivity contribution in [2.24, 2.45) is 0 Å². The Morgan fingerprint density at radius 2 is 1.20 bits per heavy atom. The van der Waals surface area contributed by atoms with Crippen LogP contribution in [0, 0.1) is 0 Å². The molecule has 0 fully saturated rings. The third-order valence-corrected chi connectivity index (χ3v) is 5.31. The molecule has 0 saturated heterocycles. The Labute approximate surface area is 201 Å². The van der Waals surface area contributed by atoms with Gasteiger partial charge in [0.15, 0.2) is 0 Å². The number of methoxy groups -OCH3 is 1. The van der Waals surface area contributed by atoms with Gasteiger partial charge in [-0.3, -0.25) is 0 Å². The molecular weight excluding hydrogens is 448 g/mol. The maximum absolute atomic E-state index is 11.2. The first kappa shape index (κ1) is 23.2. The maximum Gasteiger partial charge on any atom is 0.335 e. The number of carbonyl (C=O) groups is 2. The predicted octanol–water partition coefficient (Wildman–Crippen LogP) is 5.95. The first-order chi connectivity index (χ1) is 16.8. The molecule has 8 heteroatoms. The number of ether oxygens (including phenoxy) is 1. The molecule has 0 aromatic heterocycles. The molecular formula is C27H22N2O6. The molecule has 0 bridgehead atoms. The summed E-state index contributed by atoms with van der Waals surface area (Å²) in [5, 5.41) is 35.1. The molecule has 0 unspecified atom stereocenters. The van der Waals surface area contributed by atoms with Crippen LogP contribution in [-0.2, 0) is 0 Å². The molecule has 0 amide bonds. The highest BCUT2D eigenvalue weighted by atomic mass is 16.5. The fraction of sp³-hybridized carbons (Fsp3) is 0.0370. The average Bonchev–Trinajstić information content (AvgIpc) is 2.86. The van der Waals surface area contributed by atoms with Gasteiger partial charge in [0.05, 0.1) is 29.6 Å². The van der Waals surface area contributed by atoms with Gasteiger partial charge in [-0.1, -0.05) is 24.3 Å². The number of phenolic OH excluding ortho intramolecular Hbond substituents is 1. The van der Waals surface area contributed by atoms with E-state index in [0.717, 1.165) is 11.1 Å². The first-order valence-corrected chi connectivity index (χ1v) is 10.6. The monoisotopic (exact) mass is 470 g/mol. The van der Waals surface area contributed by atoms with Crippen LogP contribution in [-0.4, -0.2) is 34.4 Å². The van der Waals surface area contributed by atoms with E-state index in [-0.39, 0.29) is 16.9 Å². The van der Waals surface area contributed by atoms with Crippen molar-refractivity contribution < 1.29 is 29.6 Å². The van der Waals surface area contributed by atoms with E-state index in [1.165, 1.54) is 31.4 Å². The number of anilines is 4. The zero-order valence-corrected chi connectivity index (χ0v) is 18.6. The quantitative estimate of drug-likeness (QED) is 0.200. The summed E-state index contributed by atoms with van der Waals surface area (Å²) >= 11 is 0. The molecule has 0 saturated carbocycles. The van der Waals surface area contributed by atoms with Gasteiger partial charge in [-0.05, 0) is 71.8 Å². The molecule has 0 heterocycles. The normalized spacial score (nSPS) is 10.4. The van der Waals surface area contributed by atoms with E-state index >= 15 is 0 Å². The number of nitrogens with one attached hydrogen (secondary N) is 2. The summed E-state index contributed by atoms with van der Waals surface area (Å²) < 4.78 is 5.52. The lowest BCUT2D eigenvalue weighted by molar-refractivity contribution is 0.0686. The Balaban J connectivity index is 1.57. The highest BCUT2D eigenvalue weighted by molar-refractivity contribution is 5.90. The van der Waals surface area contributed by atoms with Crippen LogP contribution < -0.4 is 15.4 Å². The molecule has 4 aromatic carbocycles. The number of aromatic carboxylic acids is 2. The summed E-state index contributed by atoms with van der Waals surface area (Å²) in [6, 6.07) is 23.4. The van der Waals surface area contributed by atoms with Gasteiger partial charge in [0.2, 0.25) is 0 Å². The van der Waals surface area contributed by atoms with Gasteiger partial charge in [-0.15, -0.1) is 0 Å². The lowest BCUT2D eigenvalue weighted by Gasteiger charge is -2.14. The van der Waals surface area contributed by atoms with Crippen molar-refractivity contribution >= 4 is 34.7 Å². The highest BCUT2D eigenvalue weighted by Crippen LogP contribution is 2.36. The van der Waals surface area contributed by atoms with Crippen LogP contribution in [0.2, 0.25) is 0 Å². The molecule has 176 valence electrons. The Morgan fingerprint density at radius 1 is 0.686 bits per heavy atom. The van der Waals surface area contributed by atoms with Gasteiger partial charge in [0.1, 0.15) is 11.5 Å². The van der Waals surface area contributed by atoms with Crippen molar-refractivity contribution in [2.45, 2.75) is 0 Å². The second-order valence-corrected chi connectivity index (χ2v) is 7.67. The summed E-state index contributed by atoms with van der Waals surface area (Å²) in [5.41, 5.74) is 4.07. The van der Waals surface area contributed by atoms with Crippen molar-refractivity contribution in [2.75, 3.05) is 17.7 Å². The number of hydrogen-bond acceptors (Lipinski definition) is 6. The van der Waals surface area contributed by atoms with Crippen LogP contribution in [0.15, 0.2) is 84.9 Å². The molecule has 0 radical (unpaired) electrons. The number of benzene rings is 4. The van der Waals surface area contributed by atoms with Gasteiger partial charge >= 0.3 is 11.9 Å². The van der Waals surface area contributed by atoms with E-state index in [4.69, 9.17) is 9.84 Å². The van der Waals surface area contributed by atoms with Crippen molar-refractivity contribution in [3.8, 4) is 22.6 Å². The average molecular weight is 470 g/mol. The van der Waals surface area contributed by atoms with Gasteiger partial charge in [-0.2, -0.15) is 0 Å². The molecule has 5 N–H and O–H groups in total. The topological polar surface area (TPSA) is 128 Å². The molecule has 0 aliphatic carbocycles. The second kappa shape index (κ2) is 9.88. The molecule has 8 nitrogen and oxygen atoms in total.